The molecule has 1 heterocycles. The van der Waals surface area contributed by atoms with Gasteiger partial charge in [0.25, 0.3) is 0 Å². The van der Waals surface area contributed by atoms with Gasteiger partial charge in [-0.15, -0.1) is 11.8 Å². The first kappa shape index (κ1) is 13.4. The van der Waals surface area contributed by atoms with Crippen LogP contribution in [-0.2, 0) is 0 Å². The van der Waals surface area contributed by atoms with Crippen molar-refractivity contribution in [3.05, 3.63) is 65.2 Å². The van der Waals surface area contributed by atoms with Crippen molar-refractivity contribution in [1.29, 1.82) is 0 Å². The van der Waals surface area contributed by atoms with Gasteiger partial charge in [0.2, 0.25) is 0 Å². The molecule has 20 heavy (non-hydrogen) atoms. The molecule has 1 aliphatic heterocycles. The van der Waals surface area contributed by atoms with Gasteiger partial charge in [-0.1, -0.05) is 36.4 Å². The predicted octanol–water partition coefficient (Wildman–Crippen LogP) is 3.33. The molecule has 0 aliphatic carbocycles. The van der Waals surface area contributed by atoms with Crippen molar-refractivity contribution in [2.45, 2.75) is 16.9 Å². The number of fused-ring (bicyclic) bond motifs is 1. The van der Waals surface area contributed by atoms with Gasteiger partial charge in [0.1, 0.15) is 0 Å². The topological polar surface area (TPSA) is 32.6 Å². The summed E-state index contributed by atoms with van der Waals surface area (Å²) in [5, 5.41) is 9.63. The number of thioether (sulfide) groups is 1. The van der Waals surface area contributed by atoms with Crippen LogP contribution in [0.5, 0.6) is 0 Å². The van der Waals surface area contributed by atoms with Gasteiger partial charge in [0.05, 0.1) is 12.6 Å². The van der Waals surface area contributed by atoms with Crippen LogP contribution in [0.3, 0.4) is 0 Å². The minimum absolute atomic E-state index is 0.0692. The monoisotopic (exact) mass is 283 g/mol. The smallest absolute Gasteiger partial charge is 0.0839 e. The average Bonchev–Trinajstić information content (AvgIpc) is 2.54. The Morgan fingerprint density at radius 2 is 1.85 bits per heavy atom. The Hall–Kier alpha value is -1.58. The highest BCUT2D eigenvalue weighted by molar-refractivity contribution is 7.98. The lowest BCUT2D eigenvalue weighted by molar-refractivity contribution is 0.256. The van der Waals surface area contributed by atoms with Crippen molar-refractivity contribution >= 4 is 18.0 Å². The van der Waals surface area contributed by atoms with Gasteiger partial charge in [-0.05, 0) is 35.1 Å². The Morgan fingerprint density at radius 1 is 1.10 bits per heavy atom. The quantitative estimate of drug-likeness (QED) is 0.876. The molecule has 0 radical (unpaired) electrons. The molecule has 2 nitrogen and oxygen atoms in total. The highest BCUT2D eigenvalue weighted by atomic mass is 32.2. The second-order valence-electron chi connectivity index (χ2n) is 4.91. The molecule has 102 valence electrons. The molecule has 1 N–H and O–H groups in total. The summed E-state index contributed by atoms with van der Waals surface area (Å²) in [4.78, 5) is 5.76. The van der Waals surface area contributed by atoms with E-state index in [4.69, 9.17) is 0 Å². The second-order valence-corrected chi connectivity index (χ2v) is 5.79. The van der Waals surface area contributed by atoms with E-state index in [9.17, 15) is 5.11 Å². The molecule has 1 aliphatic rings. The number of hydrogen-bond donors (Lipinski definition) is 1. The fourth-order valence-electron chi connectivity index (χ4n) is 2.75. The van der Waals surface area contributed by atoms with Crippen LogP contribution >= 0.6 is 11.8 Å². The number of aliphatic imine (C=N–C) groups is 1. The van der Waals surface area contributed by atoms with E-state index in [1.54, 1.807) is 11.8 Å². The average molecular weight is 283 g/mol. The standard InChI is InChI=1S/C17H17NOS/c1-20-14-8-6-12(7-9-14)17-15-5-3-2-4-13(15)10-18-16(17)11-19/h2-10,16-17,19H,11H2,1H3/t16-,17+/m0/s1. The zero-order chi connectivity index (χ0) is 13.9. The van der Waals surface area contributed by atoms with Gasteiger partial charge in [-0.25, -0.2) is 0 Å². The normalized spacial score (nSPS) is 20.7. The van der Waals surface area contributed by atoms with Crippen molar-refractivity contribution in [3.8, 4) is 0 Å². The Morgan fingerprint density at radius 3 is 2.55 bits per heavy atom. The number of aliphatic hydroxyl groups is 1. The molecule has 0 spiro atoms. The third-order valence-corrected chi connectivity index (χ3v) is 4.53. The van der Waals surface area contributed by atoms with E-state index in [1.807, 2.05) is 12.3 Å². The Kier molecular flexibility index (Phi) is 3.90. The lowest BCUT2D eigenvalue weighted by Crippen LogP contribution is -2.26. The van der Waals surface area contributed by atoms with Gasteiger partial charge in [-0.2, -0.15) is 0 Å². The van der Waals surface area contributed by atoms with Crippen LogP contribution in [0.15, 0.2) is 58.4 Å². The first-order chi connectivity index (χ1) is 9.83. The summed E-state index contributed by atoms with van der Waals surface area (Å²) in [6, 6.07) is 16.8. The molecule has 3 heteroatoms. The Labute approximate surface area is 123 Å². The van der Waals surface area contributed by atoms with Crippen molar-refractivity contribution in [2.24, 2.45) is 4.99 Å². The summed E-state index contributed by atoms with van der Waals surface area (Å²) >= 11 is 1.74. The summed E-state index contributed by atoms with van der Waals surface area (Å²) in [5.41, 5.74) is 3.61. The molecule has 0 bridgehead atoms. The minimum Gasteiger partial charge on any atom is -0.394 e. The van der Waals surface area contributed by atoms with Crippen LogP contribution in [0.4, 0.5) is 0 Å². The third-order valence-electron chi connectivity index (χ3n) is 3.78. The third kappa shape index (κ3) is 2.39. The van der Waals surface area contributed by atoms with Gasteiger partial charge < -0.3 is 5.11 Å². The van der Waals surface area contributed by atoms with Crippen molar-refractivity contribution in [3.63, 3.8) is 0 Å². The Balaban J connectivity index is 2.06. The van der Waals surface area contributed by atoms with Gasteiger partial charge in [-0.3, -0.25) is 4.99 Å². The maximum atomic E-state index is 9.63. The van der Waals surface area contributed by atoms with E-state index < -0.39 is 0 Å². The minimum atomic E-state index is -0.0926. The molecular formula is C17H17NOS. The maximum absolute atomic E-state index is 9.63. The fourth-order valence-corrected chi connectivity index (χ4v) is 3.15. The molecule has 0 saturated heterocycles. The molecule has 0 amide bonds. The predicted molar refractivity (Wildman–Crippen MR) is 85.0 cm³/mol. The number of hydrogen-bond acceptors (Lipinski definition) is 3. The number of aliphatic hydroxyl groups excluding tert-OH is 1. The van der Waals surface area contributed by atoms with E-state index >= 15 is 0 Å². The maximum Gasteiger partial charge on any atom is 0.0839 e. The number of benzene rings is 2. The number of nitrogens with zero attached hydrogens (tertiary/aromatic N) is 1. The highest BCUT2D eigenvalue weighted by Gasteiger charge is 2.28. The van der Waals surface area contributed by atoms with E-state index in [0.717, 1.165) is 5.56 Å². The molecular weight excluding hydrogens is 266 g/mol. The van der Waals surface area contributed by atoms with Gasteiger partial charge in [0, 0.05) is 17.0 Å². The first-order valence-electron chi connectivity index (χ1n) is 6.70. The summed E-state index contributed by atoms with van der Waals surface area (Å²) in [5.74, 6) is 0.136. The van der Waals surface area contributed by atoms with E-state index in [2.05, 4.69) is 53.7 Å². The largest absolute Gasteiger partial charge is 0.394 e. The summed E-state index contributed by atoms with van der Waals surface area (Å²) < 4.78 is 0. The molecule has 3 rings (SSSR count). The Bertz CT molecular complexity index is 621. The molecule has 0 fully saturated rings. The first-order valence-corrected chi connectivity index (χ1v) is 7.93. The molecule has 2 aromatic rings. The van der Waals surface area contributed by atoms with Crippen LogP contribution in [0, 0.1) is 0 Å². The van der Waals surface area contributed by atoms with E-state index in [-0.39, 0.29) is 18.6 Å². The van der Waals surface area contributed by atoms with Gasteiger partial charge >= 0.3 is 0 Å². The van der Waals surface area contributed by atoms with Crippen LogP contribution in [0.25, 0.3) is 0 Å². The van der Waals surface area contributed by atoms with Crippen molar-refractivity contribution < 1.29 is 5.11 Å². The molecule has 0 saturated carbocycles. The van der Waals surface area contributed by atoms with Crippen LogP contribution in [0.2, 0.25) is 0 Å². The van der Waals surface area contributed by atoms with Crippen molar-refractivity contribution in [2.75, 3.05) is 12.9 Å². The molecule has 2 atom stereocenters. The summed E-state index contributed by atoms with van der Waals surface area (Å²) in [6.07, 6.45) is 3.95. The van der Waals surface area contributed by atoms with Gasteiger partial charge in [0.15, 0.2) is 0 Å². The van der Waals surface area contributed by atoms with Crippen LogP contribution < -0.4 is 0 Å². The lowest BCUT2D eigenvalue weighted by Gasteiger charge is -2.28. The van der Waals surface area contributed by atoms with E-state index in [0.29, 0.717) is 0 Å². The second kappa shape index (κ2) is 5.81. The molecule has 2 aromatic carbocycles. The zero-order valence-corrected chi connectivity index (χ0v) is 12.2. The molecule has 0 aromatic heterocycles. The fraction of sp³-hybridized carbons (Fsp3) is 0.235. The highest BCUT2D eigenvalue weighted by Crippen LogP contribution is 2.34. The molecule has 0 unspecified atom stereocenters. The van der Waals surface area contributed by atoms with Crippen LogP contribution in [0.1, 0.15) is 22.6 Å². The summed E-state index contributed by atoms with van der Waals surface area (Å²) in [7, 11) is 0. The SMILES string of the molecule is CSc1ccc([C@@H]2c3ccccc3C=N[C@H]2CO)cc1. The van der Waals surface area contributed by atoms with Crippen LogP contribution in [-0.4, -0.2) is 30.2 Å². The summed E-state index contributed by atoms with van der Waals surface area (Å²) in [6.45, 7) is 0.0692. The lowest BCUT2D eigenvalue weighted by atomic mass is 9.81. The zero-order valence-electron chi connectivity index (χ0n) is 11.4. The van der Waals surface area contributed by atoms with E-state index in [1.165, 1.54) is 16.0 Å². The number of rotatable bonds is 3. The van der Waals surface area contributed by atoms with Crippen molar-refractivity contribution in [1.82, 2.24) is 0 Å².